The van der Waals surface area contributed by atoms with Crippen LogP contribution in [-0.4, -0.2) is 42.0 Å². The second-order valence-corrected chi connectivity index (χ2v) is 4.42. The topological polar surface area (TPSA) is 48.3 Å². The van der Waals surface area contributed by atoms with Crippen molar-refractivity contribution in [3.05, 3.63) is 12.4 Å². The molecule has 1 aromatic heterocycles. The molecule has 1 aliphatic rings. The van der Waals surface area contributed by atoms with Gasteiger partial charge >= 0.3 is 0 Å². The van der Waals surface area contributed by atoms with Crippen molar-refractivity contribution in [1.29, 1.82) is 0 Å². The molecule has 0 bridgehead atoms. The fraction of sp³-hybridized carbons (Fsp3) is 0.750. The van der Waals surface area contributed by atoms with Gasteiger partial charge in [-0.05, 0) is 19.8 Å². The Morgan fingerprint density at radius 2 is 2.59 bits per heavy atom. The summed E-state index contributed by atoms with van der Waals surface area (Å²) in [5.74, 6) is 0.894. The summed E-state index contributed by atoms with van der Waals surface area (Å²) in [5.41, 5.74) is 0. The van der Waals surface area contributed by atoms with Gasteiger partial charge in [0.15, 0.2) is 0 Å². The zero-order valence-electron chi connectivity index (χ0n) is 10.6. The molecule has 96 valence electrons. The van der Waals surface area contributed by atoms with Crippen LogP contribution in [0.3, 0.4) is 0 Å². The van der Waals surface area contributed by atoms with Gasteiger partial charge in [0.05, 0.1) is 18.8 Å². The Balaban J connectivity index is 1.90. The van der Waals surface area contributed by atoms with E-state index in [2.05, 4.69) is 21.8 Å². The molecule has 17 heavy (non-hydrogen) atoms. The van der Waals surface area contributed by atoms with Crippen molar-refractivity contribution < 1.29 is 9.47 Å². The summed E-state index contributed by atoms with van der Waals surface area (Å²) in [6.07, 6.45) is 6.37. The molecular weight excluding hydrogens is 218 g/mol. The Hall–Kier alpha value is -1.07. The van der Waals surface area contributed by atoms with Gasteiger partial charge in [-0.2, -0.15) is 0 Å². The van der Waals surface area contributed by atoms with Crippen LogP contribution in [0, 0.1) is 0 Å². The molecular formula is C12H21N3O2. The number of anilines is 1. The average Bonchev–Trinajstić information content (AvgIpc) is 2.97. The van der Waals surface area contributed by atoms with Gasteiger partial charge in [-0.1, -0.05) is 0 Å². The van der Waals surface area contributed by atoms with Gasteiger partial charge < -0.3 is 19.4 Å². The number of aromatic nitrogens is 2. The van der Waals surface area contributed by atoms with Crippen LogP contribution in [0.5, 0.6) is 0 Å². The maximum absolute atomic E-state index is 5.66. The Labute approximate surface area is 102 Å². The van der Waals surface area contributed by atoms with Crippen molar-refractivity contribution in [2.24, 2.45) is 0 Å². The van der Waals surface area contributed by atoms with Crippen molar-refractivity contribution in [1.82, 2.24) is 9.55 Å². The fourth-order valence-corrected chi connectivity index (χ4v) is 2.11. The molecule has 5 nitrogen and oxygen atoms in total. The smallest absolute Gasteiger partial charge is 0.203 e. The largest absolute Gasteiger partial charge is 0.383 e. The van der Waals surface area contributed by atoms with Crippen LogP contribution in [0.15, 0.2) is 12.4 Å². The third-order valence-electron chi connectivity index (χ3n) is 3.13. The van der Waals surface area contributed by atoms with E-state index in [4.69, 9.17) is 9.47 Å². The number of rotatable bonds is 6. The minimum atomic E-state index is 0.293. The van der Waals surface area contributed by atoms with E-state index in [-0.39, 0.29) is 0 Å². The third kappa shape index (κ3) is 3.20. The quantitative estimate of drug-likeness (QED) is 0.817. The molecule has 1 fully saturated rings. The van der Waals surface area contributed by atoms with Gasteiger partial charge in [0.2, 0.25) is 5.95 Å². The number of nitrogens with one attached hydrogen (secondary N) is 1. The first kappa shape index (κ1) is 12.4. The molecule has 0 amide bonds. The van der Waals surface area contributed by atoms with Gasteiger partial charge in [0, 0.05) is 32.7 Å². The van der Waals surface area contributed by atoms with Crippen molar-refractivity contribution in [2.45, 2.75) is 38.5 Å². The first-order valence-corrected chi connectivity index (χ1v) is 6.19. The average molecular weight is 239 g/mol. The lowest BCUT2D eigenvalue weighted by Crippen LogP contribution is -2.31. The highest BCUT2D eigenvalue weighted by Crippen LogP contribution is 2.18. The second kappa shape index (κ2) is 6.02. The molecule has 0 aliphatic carbocycles. The molecule has 5 heteroatoms. The van der Waals surface area contributed by atoms with Crippen molar-refractivity contribution in [3.63, 3.8) is 0 Å². The lowest BCUT2D eigenvalue weighted by molar-refractivity contribution is 0.0993. The van der Waals surface area contributed by atoms with E-state index in [1.807, 2.05) is 6.20 Å². The maximum atomic E-state index is 5.66. The summed E-state index contributed by atoms with van der Waals surface area (Å²) in [6, 6.07) is 0.293. The summed E-state index contributed by atoms with van der Waals surface area (Å²) < 4.78 is 12.8. The Morgan fingerprint density at radius 3 is 3.29 bits per heavy atom. The number of methoxy groups -OCH3 is 1. The van der Waals surface area contributed by atoms with E-state index in [0.29, 0.717) is 18.8 Å². The molecule has 1 aliphatic heterocycles. The van der Waals surface area contributed by atoms with E-state index in [9.17, 15) is 0 Å². The van der Waals surface area contributed by atoms with Crippen LogP contribution in [0.4, 0.5) is 5.95 Å². The lowest BCUT2D eigenvalue weighted by Gasteiger charge is -2.21. The van der Waals surface area contributed by atoms with Crippen LogP contribution in [0.2, 0.25) is 0 Å². The van der Waals surface area contributed by atoms with Gasteiger partial charge in [-0.3, -0.25) is 0 Å². The standard InChI is InChI=1S/C12H21N3O2/c1-10(11-4-3-8-17-11)14-12-13-5-6-15(12)7-9-16-2/h5-6,10-11H,3-4,7-9H2,1-2H3,(H,13,14). The van der Waals surface area contributed by atoms with Crippen LogP contribution >= 0.6 is 0 Å². The van der Waals surface area contributed by atoms with Gasteiger partial charge in [0.1, 0.15) is 0 Å². The highest BCUT2D eigenvalue weighted by Gasteiger charge is 2.23. The van der Waals surface area contributed by atoms with Gasteiger partial charge in [0.25, 0.3) is 0 Å². The highest BCUT2D eigenvalue weighted by molar-refractivity contribution is 5.27. The molecule has 0 spiro atoms. The third-order valence-corrected chi connectivity index (χ3v) is 3.13. The molecule has 0 aromatic carbocycles. The van der Waals surface area contributed by atoms with E-state index in [1.54, 1.807) is 13.3 Å². The minimum Gasteiger partial charge on any atom is -0.383 e. The number of hydrogen-bond acceptors (Lipinski definition) is 4. The first-order valence-electron chi connectivity index (χ1n) is 6.19. The van der Waals surface area contributed by atoms with Crippen LogP contribution in [0.25, 0.3) is 0 Å². The number of imidazole rings is 1. The van der Waals surface area contributed by atoms with Crippen LogP contribution in [0.1, 0.15) is 19.8 Å². The fourth-order valence-electron chi connectivity index (χ4n) is 2.11. The van der Waals surface area contributed by atoms with Gasteiger partial charge in [-0.25, -0.2) is 4.98 Å². The molecule has 0 saturated carbocycles. The summed E-state index contributed by atoms with van der Waals surface area (Å²) in [6.45, 7) is 4.54. The molecule has 1 aromatic rings. The summed E-state index contributed by atoms with van der Waals surface area (Å²) in [7, 11) is 1.71. The zero-order valence-corrected chi connectivity index (χ0v) is 10.6. The SMILES string of the molecule is COCCn1ccnc1NC(C)C1CCCO1. The molecule has 2 unspecified atom stereocenters. The predicted octanol–water partition coefficient (Wildman–Crippen LogP) is 1.51. The van der Waals surface area contributed by atoms with Crippen molar-refractivity contribution in [2.75, 3.05) is 25.6 Å². The zero-order chi connectivity index (χ0) is 12.1. The summed E-state index contributed by atoms with van der Waals surface area (Å²) in [5, 5.41) is 3.41. The number of ether oxygens (including phenoxy) is 2. The molecule has 0 radical (unpaired) electrons. The maximum Gasteiger partial charge on any atom is 0.203 e. The predicted molar refractivity (Wildman–Crippen MR) is 66.2 cm³/mol. The normalized spacial score (nSPS) is 21.6. The lowest BCUT2D eigenvalue weighted by atomic mass is 10.1. The van der Waals surface area contributed by atoms with Crippen molar-refractivity contribution in [3.8, 4) is 0 Å². The molecule has 2 heterocycles. The molecule has 2 rings (SSSR count). The van der Waals surface area contributed by atoms with E-state index < -0.39 is 0 Å². The molecule has 2 atom stereocenters. The summed E-state index contributed by atoms with van der Waals surface area (Å²) in [4.78, 5) is 4.32. The Morgan fingerprint density at radius 1 is 1.71 bits per heavy atom. The molecule has 1 saturated heterocycles. The molecule has 1 N–H and O–H groups in total. The summed E-state index contributed by atoms with van der Waals surface area (Å²) >= 11 is 0. The highest BCUT2D eigenvalue weighted by atomic mass is 16.5. The second-order valence-electron chi connectivity index (χ2n) is 4.42. The monoisotopic (exact) mass is 239 g/mol. The van der Waals surface area contributed by atoms with E-state index in [0.717, 1.165) is 31.9 Å². The Kier molecular flexibility index (Phi) is 4.39. The van der Waals surface area contributed by atoms with Gasteiger partial charge in [-0.15, -0.1) is 0 Å². The Bertz CT molecular complexity index is 334. The number of hydrogen-bond donors (Lipinski definition) is 1. The minimum absolute atomic E-state index is 0.293. The number of nitrogens with zero attached hydrogens (tertiary/aromatic N) is 2. The van der Waals surface area contributed by atoms with Crippen LogP contribution in [-0.2, 0) is 16.0 Å². The van der Waals surface area contributed by atoms with E-state index in [1.165, 1.54) is 0 Å². The van der Waals surface area contributed by atoms with Crippen LogP contribution < -0.4 is 5.32 Å². The van der Waals surface area contributed by atoms with E-state index >= 15 is 0 Å². The van der Waals surface area contributed by atoms with Crippen molar-refractivity contribution >= 4 is 5.95 Å². The first-order chi connectivity index (χ1) is 8.31.